The van der Waals surface area contributed by atoms with Gasteiger partial charge in [-0.2, -0.15) is 0 Å². The highest BCUT2D eigenvalue weighted by atomic mass is 35.5. The van der Waals surface area contributed by atoms with Crippen molar-refractivity contribution in [2.75, 3.05) is 11.9 Å². The third kappa shape index (κ3) is 5.27. The van der Waals surface area contributed by atoms with Crippen LogP contribution in [0.1, 0.15) is 42.1 Å². The van der Waals surface area contributed by atoms with Crippen LogP contribution in [0, 0.1) is 10.1 Å². The molecule has 0 aromatic heterocycles. The van der Waals surface area contributed by atoms with Gasteiger partial charge in [0.1, 0.15) is 5.02 Å². The fourth-order valence-electron chi connectivity index (χ4n) is 2.44. The Morgan fingerprint density at radius 2 is 1.96 bits per heavy atom. The number of ether oxygens (including phenoxy) is 1. The number of para-hydroxylation sites is 1. The van der Waals surface area contributed by atoms with E-state index < -0.39 is 29.1 Å². The van der Waals surface area contributed by atoms with Crippen molar-refractivity contribution in [1.82, 2.24) is 0 Å². The molecule has 0 aliphatic rings. The average Bonchev–Trinajstić information content (AvgIpc) is 2.66. The van der Waals surface area contributed by atoms with Gasteiger partial charge < -0.3 is 10.1 Å². The highest BCUT2D eigenvalue weighted by Crippen LogP contribution is 2.27. The van der Waals surface area contributed by atoms with Crippen LogP contribution < -0.4 is 5.32 Å². The van der Waals surface area contributed by atoms with Crippen molar-refractivity contribution in [2.45, 2.75) is 26.2 Å². The van der Waals surface area contributed by atoms with Crippen molar-refractivity contribution in [1.29, 1.82) is 0 Å². The fraction of sp³-hybridized carbons (Fsp3) is 0.263. The number of rotatable bonds is 7. The van der Waals surface area contributed by atoms with Crippen molar-refractivity contribution >= 4 is 34.9 Å². The minimum absolute atomic E-state index is 0.0566. The Kier molecular flexibility index (Phi) is 6.90. The van der Waals surface area contributed by atoms with Gasteiger partial charge in [0.25, 0.3) is 11.6 Å². The Morgan fingerprint density at radius 3 is 2.63 bits per heavy atom. The lowest BCUT2D eigenvalue weighted by Gasteiger charge is -2.15. The largest absolute Gasteiger partial charge is 0.452 e. The van der Waals surface area contributed by atoms with E-state index in [2.05, 4.69) is 19.2 Å². The van der Waals surface area contributed by atoms with Gasteiger partial charge in [0.15, 0.2) is 6.61 Å². The van der Waals surface area contributed by atoms with Crippen molar-refractivity contribution in [3.63, 3.8) is 0 Å². The van der Waals surface area contributed by atoms with Crippen LogP contribution in [0.2, 0.25) is 5.02 Å². The molecule has 142 valence electrons. The number of anilines is 1. The molecular formula is C19H19ClN2O5. The maximum absolute atomic E-state index is 12.1. The maximum Gasteiger partial charge on any atom is 0.338 e. The number of nitro benzene ring substituents is 1. The lowest BCUT2D eigenvalue weighted by Crippen LogP contribution is -2.21. The van der Waals surface area contributed by atoms with E-state index in [9.17, 15) is 19.7 Å². The van der Waals surface area contributed by atoms with Crippen LogP contribution in [0.25, 0.3) is 0 Å². The standard InChI is InChI=1S/C19H19ClN2O5/c1-3-12(2)14-6-4-5-7-16(14)21-18(23)11-27-19(24)13-8-9-15(20)17(10-13)22(25)26/h4-10,12H,3,11H2,1-2H3,(H,21,23)/t12-/m0/s1. The lowest BCUT2D eigenvalue weighted by molar-refractivity contribution is -0.384. The molecule has 0 aliphatic carbocycles. The van der Waals surface area contributed by atoms with Crippen LogP contribution in [-0.4, -0.2) is 23.4 Å². The highest BCUT2D eigenvalue weighted by Gasteiger charge is 2.18. The molecule has 0 heterocycles. The van der Waals surface area contributed by atoms with Gasteiger partial charge in [0.2, 0.25) is 0 Å². The second-order valence-electron chi connectivity index (χ2n) is 5.94. The second-order valence-corrected chi connectivity index (χ2v) is 6.35. The van der Waals surface area contributed by atoms with Gasteiger partial charge in [0.05, 0.1) is 10.5 Å². The summed E-state index contributed by atoms with van der Waals surface area (Å²) in [5.41, 5.74) is 1.19. The molecule has 2 rings (SSSR count). The van der Waals surface area contributed by atoms with E-state index in [1.165, 1.54) is 12.1 Å². The quantitative estimate of drug-likeness (QED) is 0.424. The molecule has 0 aliphatic heterocycles. The molecule has 0 radical (unpaired) electrons. The van der Waals surface area contributed by atoms with Crippen molar-refractivity contribution in [2.24, 2.45) is 0 Å². The second kappa shape index (κ2) is 9.14. The lowest BCUT2D eigenvalue weighted by atomic mass is 9.97. The van der Waals surface area contributed by atoms with Gasteiger partial charge in [-0.15, -0.1) is 0 Å². The van der Waals surface area contributed by atoms with Crippen molar-refractivity contribution < 1.29 is 19.2 Å². The minimum Gasteiger partial charge on any atom is -0.452 e. The average molecular weight is 391 g/mol. The first-order chi connectivity index (χ1) is 12.8. The summed E-state index contributed by atoms with van der Waals surface area (Å²) in [5.74, 6) is -1.08. The van der Waals surface area contributed by atoms with Crippen LogP contribution in [0.4, 0.5) is 11.4 Å². The molecule has 1 atom stereocenters. The predicted molar refractivity (Wildman–Crippen MR) is 102 cm³/mol. The molecule has 27 heavy (non-hydrogen) atoms. The third-order valence-electron chi connectivity index (χ3n) is 4.09. The van der Waals surface area contributed by atoms with Gasteiger partial charge in [-0.1, -0.05) is 43.6 Å². The van der Waals surface area contributed by atoms with E-state index >= 15 is 0 Å². The SMILES string of the molecule is CC[C@H](C)c1ccccc1NC(=O)COC(=O)c1ccc(Cl)c([N+](=O)[O-])c1. The molecule has 0 unspecified atom stereocenters. The Bertz CT molecular complexity index is 869. The first-order valence-corrected chi connectivity index (χ1v) is 8.71. The molecule has 0 bridgehead atoms. The molecule has 0 spiro atoms. The van der Waals surface area contributed by atoms with E-state index in [0.29, 0.717) is 5.69 Å². The van der Waals surface area contributed by atoms with Crippen LogP contribution in [-0.2, 0) is 9.53 Å². The van der Waals surface area contributed by atoms with E-state index in [1.54, 1.807) is 12.1 Å². The molecule has 2 aromatic rings. The van der Waals surface area contributed by atoms with Crippen molar-refractivity contribution in [3.05, 3.63) is 68.7 Å². The number of amides is 1. The number of esters is 1. The summed E-state index contributed by atoms with van der Waals surface area (Å²) in [6.07, 6.45) is 0.914. The Balaban J connectivity index is 2.01. The van der Waals surface area contributed by atoms with Gasteiger partial charge in [-0.25, -0.2) is 4.79 Å². The number of nitrogens with zero attached hydrogens (tertiary/aromatic N) is 1. The van der Waals surface area contributed by atoms with Gasteiger partial charge >= 0.3 is 5.97 Å². The molecule has 8 heteroatoms. The Hall–Kier alpha value is -2.93. The summed E-state index contributed by atoms with van der Waals surface area (Å²) in [5, 5.41) is 13.5. The third-order valence-corrected chi connectivity index (χ3v) is 4.41. The molecule has 0 fully saturated rings. The van der Waals surface area contributed by atoms with Crippen LogP contribution >= 0.6 is 11.6 Å². The first-order valence-electron chi connectivity index (χ1n) is 8.33. The minimum atomic E-state index is -0.847. The number of hydrogen-bond acceptors (Lipinski definition) is 5. The number of nitrogens with one attached hydrogen (secondary N) is 1. The van der Waals surface area contributed by atoms with Crippen molar-refractivity contribution in [3.8, 4) is 0 Å². The summed E-state index contributed by atoms with van der Waals surface area (Å²) in [6.45, 7) is 3.60. The monoisotopic (exact) mass is 390 g/mol. The van der Waals surface area contributed by atoms with E-state index in [0.717, 1.165) is 18.1 Å². The molecule has 0 saturated carbocycles. The predicted octanol–water partition coefficient (Wildman–Crippen LogP) is 4.56. The van der Waals surface area contributed by atoms with Crippen LogP contribution in [0.3, 0.4) is 0 Å². The maximum atomic E-state index is 12.1. The zero-order valence-corrected chi connectivity index (χ0v) is 15.7. The molecule has 0 saturated heterocycles. The van der Waals surface area contributed by atoms with E-state index in [1.807, 2.05) is 12.1 Å². The zero-order valence-electron chi connectivity index (χ0n) is 14.9. The molecule has 1 N–H and O–H groups in total. The zero-order chi connectivity index (χ0) is 20.0. The topological polar surface area (TPSA) is 98.5 Å². The fourth-order valence-corrected chi connectivity index (χ4v) is 2.63. The molecule has 1 amide bonds. The summed E-state index contributed by atoms with van der Waals surface area (Å²) < 4.78 is 4.95. The number of benzene rings is 2. The number of halogens is 1. The van der Waals surface area contributed by atoms with E-state index in [-0.39, 0.29) is 16.5 Å². The summed E-state index contributed by atoms with van der Waals surface area (Å²) in [4.78, 5) is 34.3. The van der Waals surface area contributed by atoms with Gasteiger partial charge in [-0.05, 0) is 36.1 Å². The molecular weight excluding hydrogens is 372 g/mol. The van der Waals surface area contributed by atoms with Crippen LogP contribution in [0.5, 0.6) is 0 Å². The van der Waals surface area contributed by atoms with Gasteiger partial charge in [-0.3, -0.25) is 14.9 Å². The Morgan fingerprint density at radius 1 is 1.26 bits per heavy atom. The van der Waals surface area contributed by atoms with Crippen LogP contribution in [0.15, 0.2) is 42.5 Å². The summed E-state index contributed by atoms with van der Waals surface area (Å²) in [6, 6.07) is 11.0. The number of hydrogen-bond donors (Lipinski definition) is 1. The number of carbonyl (C=O) groups excluding carboxylic acids is 2. The van der Waals surface area contributed by atoms with E-state index in [4.69, 9.17) is 16.3 Å². The highest BCUT2D eigenvalue weighted by molar-refractivity contribution is 6.32. The first kappa shape index (κ1) is 20.4. The smallest absolute Gasteiger partial charge is 0.338 e. The number of nitro groups is 1. The Labute approximate surface area is 161 Å². The van der Waals surface area contributed by atoms with Gasteiger partial charge in [0, 0.05) is 11.8 Å². The number of carbonyl (C=O) groups is 2. The summed E-state index contributed by atoms with van der Waals surface area (Å²) in [7, 11) is 0. The molecule has 2 aromatic carbocycles. The molecule has 7 nitrogen and oxygen atoms in total. The normalized spacial score (nSPS) is 11.5. The summed E-state index contributed by atoms with van der Waals surface area (Å²) >= 11 is 5.71.